The molecule has 0 fully saturated rings. The van der Waals surface area contributed by atoms with Crippen LogP contribution in [0.2, 0.25) is 0 Å². The first-order chi connectivity index (χ1) is 8.74. The predicted molar refractivity (Wildman–Crippen MR) is 76.3 cm³/mol. The standard InChI is InChI=1S/C16H19NO/c1-3-4-9-15(18)16-12(2)10-11-17-14-8-6-5-7-13(14)16/h5-8,10-11,17H,3-4,9H2,1-2H3. The highest BCUT2D eigenvalue weighted by Crippen LogP contribution is 2.31. The largest absolute Gasteiger partial charge is 0.361 e. The van der Waals surface area contributed by atoms with Crippen LogP contribution in [0.15, 0.2) is 42.1 Å². The first kappa shape index (κ1) is 12.6. The summed E-state index contributed by atoms with van der Waals surface area (Å²) in [5.74, 6) is 0.246. The second-order valence-corrected chi connectivity index (χ2v) is 4.61. The van der Waals surface area contributed by atoms with Gasteiger partial charge in [0.2, 0.25) is 0 Å². The third kappa shape index (κ3) is 2.53. The fourth-order valence-corrected chi connectivity index (χ4v) is 2.21. The van der Waals surface area contributed by atoms with E-state index in [0.29, 0.717) is 6.42 Å². The molecule has 1 aromatic carbocycles. The Bertz CT molecular complexity index is 512. The lowest BCUT2D eigenvalue weighted by molar-refractivity contribution is -0.113. The van der Waals surface area contributed by atoms with Crippen LogP contribution in [0.5, 0.6) is 0 Å². The Kier molecular flexibility index (Phi) is 3.98. The summed E-state index contributed by atoms with van der Waals surface area (Å²) in [7, 11) is 0. The molecule has 0 unspecified atom stereocenters. The lowest BCUT2D eigenvalue weighted by Crippen LogP contribution is -2.04. The Morgan fingerprint density at radius 1 is 1.28 bits per heavy atom. The van der Waals surface area contributed by atoms with Crippen LogP contribution < -0.4 is 5.32 Å². The summed E-state index contributed by atoms with van der Waals surface area (Å²) in [6.07, 6.45) is 6.50. The summed E-state index contributed by atoms with van der Waals surface area (Å²) < 4.78 is 0. The number of ketones is 1. The summed E-state index contributed by atoms with van der Waals surface area (Å²) in [5.41, 5.74) is 3.92. The van der Waals surface area contributed by atoms with Gasteiger partial charge in [-0.25, -0.2) is 0 Å². The zero-order valence-electron chi connectivity index (χ0n) is 11.0. The second-order valence-electron chi connectivity index (χ2n) is 4.61. The molecular weight excluding hydrogens is 222 g/mol. The number of rotatable bonds is 4. The number of nitrogens with one attached hydrogen (secondary N) is 1. The van der Waals surface area contributed by atoms with Crippen molar-refractivity contribution >= 4 is 17.0 Å². The molecule has 2 nitrogen and oxygen atoms in total. The smallest absolute Gasteiger partial charge is 0.163 e. The molecule has 1 aliphatic heterocycles. The molecule has 0 spiro atoms. The van der Waals surface area contributed by atoms with E-state index in [1.807, 2.05) is 43.5 Å². The zero-order valence-corrected chi connectivity index (χ0v) is 11.0. The number of fused-ring (bicyclic) bond motifs is 1. The van der Waals surface area contributed by atoms with E-state index in [4.69, 9.17) is 0 Å². The van der Waals surface area contributed by atoms with Crippen molar-refractivity contribution in [1.82, 2.24) is 0 Å². The molecule has 1 heterocycles. The van der Waals surface area contributed by atoms with Crippen molar-refractivity contribution in [3.05, 3.63) is 47.7 Å². The van der Waals surface area contributed by atoms with Gasteiger partial charge in [-0.05, 0) is 31.1 Å². The molecule has 0 radical (unpaired) electrons. The number of allylic oxidation sites excluding steroid dienone is 3. The maximum Gasteiger partial charge on any atom is 0.163 e. The SMILES string of the molecule is CCCCC(=O)C1=C(C)C=CNc2ccccc21. The molecule has 0 atom stereocenters. The quantitative estimate of drug-likeness (QED) is 0.857. The lowest BCUT2D eigenvalue weighted by Gasteiger charge is -2.11. The molecule has 1 aliphatic rings. The average molecular weight is 241 g/mol. The van der Waals surface area contributed by atoms with Gasteiger partial charge in [0.05, 0.1) is 0 Å². The molecular formula is C16H19NO. The summed E-state index contributed by atoms with van der Waals surface area (Å²) in [4.78, 5) is 12.4. The van der Waals surface area contributed by atoms with Gasteiger partial charge in [0.15, 0.2) is 5.78 Å². The van der Waals surface area contributed by atoms with E-state index >= 15 is 0 Å². The molecule has 2 heteroatoms. The Morgan fingerprint density at radius 2 is 2.06 bits per heavy atom. The van der Waals surface area contributed by atoms with Crippen LogP contribution in [0.3, 0.4) is 0 Å². The maximum absolute atomic E-state index is 12.4. The van der Waals surface area contributed by atoms with Crippen molar-refractivity contribution in [1.29, 1.82) is 0 Å². The van der Waals surface area contributed by atoms with E-state index < -0.39 is 0 Å². The van der Waals surface area contributed by atoms with Crippen LogP contribution in [0, 0.1) is 0 Å². The van der Waals surface area contributed by atoms with Gasteiger partial charge >= 0.3 is 0 Å². The van der Waals surface area contributed by atoms with Crippen molar-refractivity contribution in [3.8, 4) is 0 Å². The van der Waals surface area contributed by atoms with E-state index in [1.165, 1.54) is 0 Å². The highest BCUT2D eigenvalue weighted by Gasteiger charge is 2.18. The zero-order chi connectivity index (χ0) is 13.0. The number of carbonyl (C=O) groups is 1. The molecule has 94 valence electrons. The second kappa shape index (κ2) is 5.67. The number of Topliss-reactive ketones (excluding diaryl/α,β-unsaturated/α-hetero) is 1. The average Bonchev–Trinajstić information content (AvgIpc) is 2.54. The van der Waals surface area contributed by atoms with Crippen LogP contribution in [0.4, 0.5) is 5.69 Å². The molecule has 0 saturated carbocycles. The molecule has 0 amide bonds. The first-order valence-electron chi connectivity index (χ1n) is 6.50. The summed E-state index contributed by atoms with van der Waals surface area (Å²) in [6.45, 7) is 4.11. The van der Waals surface area contributed by atoms with E-state index in [1.54, 1.807) is 0 Å². The minimum absolute atomic E-state index is 0.246. The van der Waals surface area contributed by atoms with Crippen LogP contribution in [0.25, 0.3) is 5.57 Å². The monoisotopic (exact) mass is 241 g/mol. The molecule has 0 aliphatic carbocycles. The Balaban J connectivity index is 2.42. The van der Waals surface area contributed by atoms with Gasteiger partial charge in [0.1, 0.15) is 0 Å². The van der Waals surface area contributed by atoms with Gasteiger partial charge < -0.3 is 5.32 Å². The summed E-state index contributed by atoms with van der Waals surface area (Å²) in [5, 5.41) is 3.22. The van der Waals surface area contributed by atoms with Crippen LogP contribution in [0.1, 0.15) is 38.7 Å². The number of hydrogen-bond donors (Lipinski definition) is 1. The Labute approximate surface area is 108 Å². The fourth-order valence-electron chi connectivity index (χ4n) is 2.21. The van der Waals surface area contributed by atoms with Gasteiger partial charge in [-0.3, -0.25) is 4.79 Å². The number of anilines is 1. The highest BCUT2D eigenvalue weighted by molar-refractivity contribution is 6.23. The molecule has 18 heavy (non-hydrogen) atoms. The van der Waals surface area contributed by atoms with E-state index in [0.717, 1.165) is 35.2 Å². The fraction of sp³-hybridized carbons (Fsp3) is 0.312. The number of unbranched alkanes of at least 4 members (excludes halogenated alkanes) is 1. The predicted octanol–water partition coefficient (Wildman–Crippen LogP) is 4.16. The first-order valence-corrected chi connectivity index (χ1v) is 6.50. The van der Waals surface area contributed by atoms with Crippen LogP contribution in [-0.2, 0) is 4.79 Å². The minimum Gasteiger partial charge on any atom is -0.361 e. The van der Waals surface area contributed by atoms with Crippen molar-refractivity contribution in [2.24, 2.45) is 0 Å². The molecule has 1 N–H and O–H groups in total. The van der Waals surface area contributed by atoms with Gasteiger partial charge in [-0.1, -0.05) is 31.5 Å². The third-order valence-corrected chi connectivity index (χ3v) is 3.20. The summed E-state index contributed by atoms with van der Waals surface area (Å²) in [6, 6.07) is 7.98. The molecule has 0 saturated heterocycles. The van der Waals surface area contributed by atoms with E-state index in [-0.39, 0.29) is 5.78 Å². The lowest BCUT2D eigenvalue weighted by atomic mass is 9.93. The number of carbonyl (C=O) groups excluding carboxylic acids is 1. The Morgan fingerprint density at radius 3 is 2.83 bits per heavy atom. The van der Waals surface area contributed by atoms with Gasteiger partial charge in [-0.15, -0.1) is 0 Å². The number of benzene rings is 1. The van der Waals surface area contributed by atoms with Gasteiger partial charge in [0, 0.05) is 29.4 Å². The molecule has 1 aromatic rings. The van der Waals surface area contributed by atoms with Crippen LogP contribution in [-0.4, -0.2) is 5.78 Å². The van der Waals surface area contributed by atoms with E-state index in [2.05, 4.69) is 12.2 Å². The van der Waals surface area contributed by atoms with Crippen LogP contribution >= 0.6 is 0 Å². The maximum atomic E-state index is 12.4. The van der Waals surface area contributed by atoms with Crippen molar-refractivity contribution in [2.75, 3.05) is 5.32 Å². The number of hydrogen-bond acceptors (Lipinski definition) is 2. The van der Waals surface area contributed by atoms with Gasteiger partial charge in [-0.2, -0.15) is 0 Å². The molecule has 0 aromatic heterocycles. The minimum atomic E-state index is 0.246. The van der Waals surface area contributed by atoms with Gasteiger partial charge in [0.25, 0.3) is 0 Å². The highest BCUT2D eigenvalue weighted by atomic mass is 16.1. The van der Waals surface area contributed by atoms with E-state index in [9.17, 15) is 4.79 Å². The number of para-hydroxylation sites is 1. The molecule has 0 bridgehead atoms. The van der Waals surface area contributed by atoms with Crippen molar-refractivity contribution in [3.63, 3.8) is 0 Å². The third-order valence-electron chi connectivity index (χ3n) is 3.20. The van der Waals surface area contributed by atoms with Crippen molar-refractivity contribution in [2.45, 2.75) is 33.1 Å². The normalized spacial score (nSPS) is 13.9. The summed E-state index contributed by atoms with van der Waals surface area (Å²) >= 11 is 0. The Hall–Kier alpha value is -1.83. The topological polar surface area (TPSA) is 29.1 Å². The van der Waals surface area contributed by atoms with Crippen molar-refractivity contribution < 1.29 is 4.79 Å². The molecule has 2 rings (SSSR count).